The number of pyridine rings is 1. The molecule has 4 heteroatoms. The zero-order valence-corrected chi connectivity index (χ0v) is 9.69. The highest BCUT2D eigenvalue weighted by Crippen LogP contribution is 2.53. The lowest BCUT2D eigenvalue weighted by molar-refractivity contribution is -0.123. The first-order chi connectivity index (χ1) is 8.77. The summed E-state index contributed by atoms with van der Waals surface area (Å²) in [5, 5.41) is 0. The highest BCUT2D eigenvalue weighted by Gasteiger charge is 2.59. The fraction of sp³-hybridized carbons (Fsp3) is 0.357. The van der Waals surface area contributed by atoms with Gasteiger partial charge in [-0.25, -0.2) is 4.90 Å². The third-order valence-corrected chi connectivity index (χ3v) is 4.37. The molecule has 1 aromatic rings. The number of hydrogen-bond donors (Lipinski definition) is 0. The topological polar surface area (TPSA) is 50.3 Å². The number of nitrogens with zero attached hydrogens (tertiary/aromatic N) is 2. The van der Waals surface area contributed by atoms with Gasteiger partial charge in [-0.2, -0.15) is 0 Å². The minimum atomic E-state index is -0.132. The second-order valence-corrected chi connectivity index (χ2v) is 5.22. The van der Waals surface area contributed by atoms with Crippen molar-refractivity contribution in [3.05, 3.63) is 36.7 Å². The summed E-state index contributed by atoms with van der Waals surface area (Å²) >= 11 is 0. The molecule has 2 bridgehead atoms. The first kappa shape index (κ1) is 10.00. The number of imide groups is 1. The molecule has 2 aliphatic carbocycles. The summed E-state index contributed by atoms with van der Waals surface area (Å²) in [7, 11) is 0. The molecule has 1 aromatic heterocycles. The van der Waals surface area contributed by atoms with E-state index in [2.05, 4.69) is 17.1 Å². The predicted octanol–water partition coefficient (Wildman–Crippen LogP) is 1.39. The van der Waals surface area contributed by atoms with Crippen molar-refractivity contribution >= 4 is 17.5 Å². The number of carbonyl (C=O) groups is 2. The van der Waals surface area contributed by atoms with Gasteiger partial charge < -0.3 is 0 Å². The quantitative estimate of drug-likeness (QED) is 0.550. The molecule has 0 unspecified atom stereocenters. The molecule has 1 saturated carbocycles. The Labute approximate surface area is 104 Å². The van der Waals surface area contributed by atoms with Gasteiger partial charge in [0.05, 0.1) is 23.7 Å². The van der Waals surface area contributed by atoms with Crippen molar-refractivity contribution in [3.8, 4) is 0 Å². The van der Waals surface area contributed by atoms with Crippen LogP contribution in [0.3, 0.4) is 0 Å². The molecule has 0 spiro atoms. The van der Waals surface area contributed by atoms with Crippen molar-refractivity contribution in [1.29, 1.82) is 0 Å². The number of anilines is 1. The molecule has 0 radical (unpaired) electrons. The van der Waals surface area contributed by atoms with Gasteiger partial charge in [0.25, 0.3) is 0 Å². The summed E-state index contributed by atoms with van der Waals surface area (Å²) in [4.78, 5) is 30.2. The van der Waals surface area contributed by atoms with Crippen LogP contribution in [0.5, 0.6) is 0 Å². The minimum Gasteiger partial charge on any atom is -0.274 e. The lowest BCUT2D eigenvalue weighted by Crippen LogP contribution is -2.32. The van der Waals surface area contributed by atoms with Crippen LogP contribution in [0.4, 0.5) is 5.69 Å². The van der Waals surface area contributed by atoms with E-state index in [0.717, 1.165) is 6.42 Å². The Morgan fingerprint density at radius 3 is 2.33 bits per heavy atom. The van der Waals surface area contributed by atoms with Gasteiger partial charge in [0, 0.05) is 6.20 Å². The largest absolute Gasteiger partial charge is 0.274 e. The molecule has 4 nitrogen and oxygen atoms in total. The molecule has 2 fully saturated rings. The lowest BCUT2D eigenvalue weighted by atomic mass is 9.85. The summed E-state index contributed by atoms with van der Waals surface area (Å²) in [6, 6.07) is 3.51. The Kier molecular flexibility index (Phi) is 1.82. The van der Waals surface area contributed by atoms with Gasteiger partial charge in [-0.05, 0) is 30.4 Å². The smallest absolute Gasteiger partial charge is 0.238 e. The van der Waals surface area contributed by atoms with Gasteiger partial charge in [0.2, 0.25) is 11.8 Å². The molecule has 1 saturated heterocycles. The maximum atomic E-state index is 12.4. The lowest BCUT2D eigenvalue weighted by Gasteiger charge is -2.16. The van der Waals surface area contributed by atoms with Crippen LogP contribution in [-0.2, 0) is 9.59 Å². The molecule has 2 heterocycles. The maximum Gasteiger partial charge on any atom is 0.238 e. The van der Waals surface area contributed by atoms with Crippen LogP contribution >= 0.6 is 0 Å². The van der Waals surface area contributed by atoms with E-state index >= 15 is 0 Å². The number of hydrogen-bond acceptors (Lipinski definition) is 3. The van der Waals surface area contributed by atoms with Gasteiger partial charge in [0.1, 0.15) is 0 Å². The predicted molar refractivity (Wildman–Crippen MR) is 64.4 cm³/mol. The molecule has 0 aromatic carbocycles. The van der Waals surface area contributed by atoms with Crippen molar-refractivity contribution < 1.29 is 9.59 Å². The van der Waals surface area contributed by atoms with Crippen molar-refractivity contribution in [2.24, 2.45) is 23.7 Å². The molecule has 90 valence electrons. The first-order valence-electron chi connectivity index (χ1n) is 6.23. The molecular formula is C14H12N2O2. The third kappa shape index (κ3) is 1.08. The van der Waals surface area contributed by atoms with Gasteiger partial charge in [-0.1, -0.05) is 12.2 Å². The molecule has 2 amide bonds. The molecule has 1 aliphatic heterocycles. The van der Waals surface area contributed by atoms with Crippen molar-refractivity contribution in [1.82, 2.24) is 4.98 Å². The van der Waals surface area contributed by atoms with Crippen molar-refractivity contribution in [3.63, 3.8) is 0 Å². The second kappa shape index (κ2) is 3.28. The van der Waals surface area contributed by atoms with E-state index in [4.69, 9.17) is 0 Å². The van der Waals surface area contributed by atoms with Crippen LogP contribution in [0.1, 0.15) is 6.42 Å². The Balaban J connectivity index is 1.77. The summed E-state index contributed by atoms with van der Waals surface area (Å²) in [6.07, 6.45) is 8.38. The summed E-state index contributed by atoms with van der Waals surface area (Å²) in [5.41, 5.74) is 0.598. The highest BCUT2D eigenvalue weighted by atomic mass is 16.2. The van der Waals surface area contributed by atoms with E-state index in [1.54, 1.807) is 24.5 Å². The van der Waals surface area contributed by atoms with E-state index in [1.807, 2.05) is 0 Å². The number of fused-ring (bicyclic) bond motifs is 5. The zero-order valence-electron chi connectivity index (χ0n) is 9.69. The second-order valence-electron chi connectivity index (χ2n) is 5.22. The van der Waals surface area contributed by atoms with E-state index in [9.17, 15) is 9.59 Å². The molecule has 4 rings (SSSR count). The SMILES string of the molecule is O=C1[C@H]2[C@H](C(=O)N1c1cccnc1)[C@H]1C=C[C@H]2C1. The number of amides is 2. The Morgan fingerprint density at radius 2 is 1.78 bits per heavy atom. The third-order valence-electron chi connectivity index (χ3n) is 4.37. The van der Waals surface area contributed by atoms with E-state index < -0.39 is 0 Å². The summed E-state index contributed by atoms with van der Waals surface area (Å²) in [5.74, 6) is 0.168. The van der Waals surface area contributed by atoms with Gasteiger partial charge in [-0.3, -0.25) is 14.6 Å². The van der Waals surface area contributed by atoms with Gasteiger partial charge in [-0.15, -0.1) is 0 Å². The van der Waals surface area contributed by atoms with Crippen molar-refractivity contribution in [2.45, 2.75) is 6.42 Å². The van der Waals surface area contributed by atoms with Gasteiger partial charge in [0.15, 0.2) is 0 Å². The monoisotopic (exact) mass is 240 g/mol. The number of carbonyl (C=O) groups excluding carboxylic acids is 2. The number of allylic oxidation sites excluding steroid dienone is 2. The van der Waals surface area contributed by atoms with Gasteiger partial charge >= 0.3 is 0 Å². The molecule has 3 aliphatic rings. The van der Waals surface area contributed by atoms with E-state index in [1.165, 1.54) is 4.90 Å². The average molecular weight is 240 g/mol. The number of aromatic nitrogens is 1. The van der Waals surface area contributed by atoms with Crippen LogP contribution < -0.4 is 4.90 Å². The Bertz CT molecular complexity index is 536. The summed E-state index contributed by atoms with van der Waals surface area (Å²) in [6.45, 7) is 0. The highest BCUT2D eigenvalue weighted by molar-refractivity contribution is 6.22. The molecule has 0 N–H and O–H groups in total. The zero-order chi connectivity index (χ0) is 12.3. The van der Waals surface area contributed by atoms with E-state index in [-0.39, 0.29) is 35.5 Å². The fourth-order valence-corrected chi connectivity index (χ4v) is 3.64. The standard InChI is InChI=1S/C14H12N2O2/c17-13-11-8-3-4-9(6-8)12(11)14(18)16(13)10-2-1-5-15-7-10/h1-5,7-9,11-12H,6H2/t8-,9-,11+,12+/m0/s1. The van der Waals surface area contributed by atoms with Crippen LogP contribution in [-0.4, -0.2) is 16.8 Å². The van der Waals surface area contributed by atoms with Crippen LogP contribution in [0.15, 0.2) is 36.7 Å². The molecular weight excluding hydrogens is 228 g/mol. The Morgan fingerprint density at radius 1 is 1.11 bits per heavy atom. The molecule has 18 heavy (non-hydrogen) atoms. The van der Waals surface area contributed by atoms with E-state index in [0.29, 0.717) is 5.69 Å². The van der Waals surface area contributed by atoms with Crippen LogP contribution in [0, 0.1) is 23.7 Å². The maximum absolute atomic E-state index is 12.4. The number of rotatable bonds is 1. The van der Waals surface area contributed by atoms with Crippen LogP contribution in [0.25, 0.3) is 0 Å². The Hall–Kier alpha value is -1.97. The average Bonchev–Trinajstić information content (AvgIpc) is 3.05. The fourth-order valence-electron chi connectivity index (χ4n) is 3.64. The molecule has 4 atom stereocenters. The van der Waals surface area contributed by atoms with Crippen molar-refractivity contribution in [2.75, 3.05) is 4.90 Å². The first-order valence-corrected chi connectivity index (χ1v) is 6.23. The normalized spacial score (nSPS) is 36.6. The summed E-state index contributed by atoms with van der Waals surface area (Å²) < 4.78 is 0. The van der Waals surface area contributed by atoms with Crippen LogP contribution in [0.2, 0.25) is 0 Å². The minimum absolute atomic E-state index is 0.0464.